The molecule has 1 unspecified atom stereocenters. The maximum Gasteiger partial charge on any atom is 0.242 e. The number of rotatable bonds is 3. The van der Waals surface area contributed by atoms with E-state index in [4.69, 9.17) is 9.47 Å². The summed E-state index contributed by atoms with van der Waals surface area (Å²) in [4.78, 5) is 29.6. The lowest BCUT2D eigenvalue weighted by molar-refractivity contribution is -0.127. The smallest absolute Gasteiger partial charge is 0.242 e. The molecule has 0 aromatic heterocycles. The fourth-order valence-corrected chi connectivity index (χ4v) is 3.35. The van der Waals surface area contributed by atoms with Gasteiger partial charge in [0.2, 0.25) is 18.6 Å². The molecule has 3 rings (SSSR count). The molecule has 1 aromatic carbocycles. The van der Waals surface area contributed by atoms with E-state index in [9.17, 15) is 9.59 Å². The van der Waals surface area contributed by atoms with Gasteiger partial charge < -0.3 is 14.8 Å². The maximum absolute atomic E-state index is 12.1. The zero-order valence-electron chi connectivity index (χ0n) is 12.2. The Hall–Kier alpha value is -2.22. The van der Waals surface area contributed by atoms with Crippen LogP contribution in [0.15, 0.2) is 23.2 Å². The summed E-state index contributed by atoms with van der Waals surface area (Å²) in [6.45, 7) is 0.186. The number of hydrogen-bond acceptors (Lipinski definition) is 6. The minimum absolute atomic E-state index is 0.0985. The zero-order valence-corrected chi connectivity index (χ0v) is 13.0. The van der Waals surface area contributed by atoms with Gasteiger partial charge in [-0.25, -0.2) is 0 Å². The fraction of sp³-hybridized carbons (Fsp3) is 0.357. The molecule has 0 bridgehead atoms. The third kappa shape index (κ3) is 2.74. The number of benzene rings is 1. The van der Waals surface area contributed by atoms with Crippen molar-refractivity contribution in [3.05, 3.63) is 18.2 Å². The first-order valence-corrected chi connectivity index (χ1v) is 7.57. The Morgan fingerprint density at radius 1 is 1.45 bits per heavy atom. The molecule has 2 aliphatic rings. The number of anilines is 1. The quantitative estimate of drug-likeness (QED) is 0.908. The van der Waals surface area contributed by atoms with Gasteiger partial charge in [0.05, 0.1) is 0 Å². The van der Waals surface area contributed by atoms with E-state index in [0.29, 0.717) is 22.4 Å². The van der Waals surface area contributed by atoms with Crippen molar-refractivity contribution in [2.24, 2.45) is 4.99 Å². The molecule has 0 aliphatic carbocycles. The van der Waals surface area contributed by atoms with E-state index in [0.717, 1.165) is 0 Å². The van der Waals surface area contributed by atoms with Gasteiger partial charge in [0, 0.05) is 32.3 Å². The maximum atomic E-state index is 12.1. The van der Waals surface area contributed by atoms with Crippen LogP contribution in [0.4, 0.5) is 5.69 Å². The number of fused-ring (bicyclic) bond motifs is 1. The number of amides is 2. The van der Waals surface area contributed by atoms with Crippen molar-refractivity contribution in [2.45, 2.75) is 11.7 Å². The lowest BCUT2D eigenvalue weighted by Crippen LogP contribution is -2.30. The van der Waals surface area contributed by atoms with Crippen LogP contribution in [0.25, 0.3) is 0 Å². The summed E-state index contributed by atoms with van der Waals surface area (Å²) in [5.74, 6) is 0.927. The molecule has 8 heteroatoms. The van der Waals surface area contributed by atoms with Crippen LogP contribution in [0.1, 0.15) is 6.42 Å². The van der Waals surface area contributed by atoms with Crippen LogP contribution >= 0.6 is 11.8 Å². The van der Waals surface area contributed by atoms with Crippen molar-refractivity contribution in [3.8, 4) is 11.5 Å². The first kappa shape index (κ1) is 14.7. The Bertz CT molecular complexity index is 661. The van der Waals surface area contributed by atoms with Gasteiger partial charge >= 0.3 is 0 Å². The fourth-order valence-electron chi connectivity index (χ4n) is 2.25. The highest BCUT2D eigenvalue weighted by Gasteiger charge is 2.36. The second-order valence-electron chi connectivity index (χ2n) is 4.83. The summed E-state index contributed by atoms with van der Waals surface area (Å²) in [5.41, 5.74) is 0.613. The Morgan fingerprint density at radius 2 is 2.23 bits per heavy atom. The normalized spacial score (nSPS) is 21.5. The molecule has 1 aromatic rings. The number of nitrogens with zero attached hydrogens (tertiary/aromatic N) is 2. The molecule has 0 radical (unpaired) electrons. The van der Waals surface area contributed by atoms with E-state index < -0.39 is 5.25 Å². The van der Waals surface area contributed by atoms with Crippen molar-refractivity contribution in [3.63, 3.8) is 0 Å². The van der Waals surface area contributed by atoms with Crippen molar-refractivity contribution >= 4 is 34.4 Å². The Balaban J connectivity index is 1.62. The number of carbonyl (C=O) groups excluding carboxylic acids is 2. The highest BCUT2D eigenvalue weighted by molar-refractivity contribution is 8.15. The molecule has 1 N–H and O–H groups in total. The molecule has 2 amide bonds. The number of hydrogen-bond donors (Lipinski definition) is 1. The first-order valence-electron chi connectivity index (χ1n) is 6.69. The molecule has 1 fully saturated rings. The van der Waals surface area contributed by atoms with E-state index in [1.54, 1.807) is 32.3 Å². The molecule has 0 spiro atoms. The molecule has 116 valence electrons. The van der Waals surface area contributed by atoms with E-state index in [1.807, 2.05) is 0 Å². The Kier molecular flexibility index (Phi) is 3.93. The molecule has 2 aliphatic heterocycles. The lowest BCUT2D eigenvalue weighted by Gasteiger charge is -2.09. The molecule has 22 heavy (non-hydrogen) atoms. The van der Waals surface area contributed by atoms with E-state index in [2.05, 4.69) is 10.3 Å². The van der Waals surface area contributed by atoms with Crippen LogP contribution in [0.5, 0.6) is 11.5 Å². The van der Waals surface area contributed by atoms with Gasteiger partial charge in [0.25, 0.3) is 0 Å². The van der Waals surface area contributed by atoms with Crippen molar-refractivity contribution < 1.29 is 19.1 Å². The van der Waals surface area contributed by atoms with Crippen LogP contribution in [-0.2, 0) is 9.59 Å². The monoisotopic (exact) mass is 321 g/mol. The third-order valence-corrected chi connectivity index (χ3v) is 4.68. The van der Waals surface area contributed by atoms with Crippen LogP contribution in [0.2, 0.25) is 0 Å². The van der Waals surface area contributed by atoms with Gasteiger partial charge in [-0.3, -0.25) is 19.5 Å². The largest absolute Gasteiger partial charge is 0.454 e. The predicted octanol–water partition coefficient (Wildman–Crippen LogP) is 1.30. The average molecular weight is 321 g/mol. The molecule has 1 atom stereocenters. The summed E-state index contributed by atoms with van der Waals surface area (Å²) >= 11 is 1.31. The first-order chi connectivity index (χ1) is 10.6. The number of amidine groups is 1. The van der Waals surface area contributed by atoms with Crippen molar-refractivity contribution in [1.82, 2.24) is 4.90 Å². The van der Waals surface area contributed by atoms with Crippen LogP contribution < -0.4 is 14.8 Å². The number of thioether (sulfide) groups is 1. The van der Waals surface area contributed by atoms with E-state index in [1.165, 1.54) is 16.7 Å². The summed E-state index contributed by atoms with van der Waals surface area (Å²) in [5, 5.41) is 2.97. The van der Waals surface area contributed by atoms with Gasteiger partial charge in [0.15, 0.2) is 16.7 Å². The standard InChI is InChI=1S/C14H15N3O4S/c1-15-14-17(2)13(19)11(22-14)6-12(18)16-8-3-4-9-10(5-8)21-7-20-9/h3-5,11H,6-7H2,1-2H3,(H,16,18). The second kappa shape index (κ2) is 5.88. The molecule has 0 saturated carbocycles. The van der Waals surface area contributed by atoms with E-state index in [-0.39, 0.29) is 25.0 Å². The Morgan fingerprint density at radius 3 is 2.95 bits per heavy atom. The SMILES string of the molecule is CN=C1SC(CC(=O)Nc2ccc3c(c2)OCO3)C(=O)N1C. The minimum atomic E-state index is -0.433. The molecular weight excluding hydrogens is 306 g/mol. The molecule has 1 saturated heterocycles. The summed E-state index contributed by atoms with van der Waals surface area (Å²) < 4.78 is 10.5. The third-order valence-electron chi connectivity index (χ3n) is 3.36. The number of carbonyl (C=O) groups is 2. The average Bonchev–Trinajstić information content (AvgIpc) is 3.06. The topological polar surface area (TPSA) is 80.2 Å². The lowest BCUT2D eigenvalue weighted by atomic mass is 10.2. The van der Waals surface area contributed by atoms with Crippen molar-refractivity contribution in [2.75, 3.05) is 26.2 Å². The number of ether oxygens (including phenoxy) is 2. The second-order valence-corrected chi connectivity index (χ2v) is 6.00. The number of aliphatic imine (C=N–C) groups is 1. The molecule has 2 heterocycles. The summed E-state index contributed by atoms with van der Waals surface area (Å²) in [6.07, 6.45) is 0.0985. The predicted molar refractivity (Wildman–Crippen MR) is 83.3 cm³/mol. The molecular formula is C14H15N3O4S. The number of nitrogens with one attached hydrogen (secondary N) is 1. The van der Waals surface area contributed by atoms with Crippen LogP contribution in [0.3, 0.4) is 0 Å². The van der Waals surface area contributed by atoms with Gasteiger partial charge in [-0.2, -0.15) is 0 Å². The summed E-state index contributed by atoms with van der Waals surface area (Å²) in [6, 6.07) is 5.18. The van der Waals surface area contributed by atoms with Crippen LogP contribution in [0, 0.1) is 0 Å². The minimum Gasteiger partial charge on any atom is -0.454 e. The Labute approximate surface area is 131 Å². The van der Waals surface area contributed by atoms with Crippen LogP contribution in [-0.4, -0.2) is 48.0 Å². The van der Waals surface area contributed by atoms with Gasteiger partial charge in [0.1, 0.15) is 5.25 Å². The zero-order chi connectivity index (χ0) is 15.7. The highest BCUT2D eigenvalue weighted by Crippen LogP contribution is 2.34. The molecule has 7 nitrogen and oxygen atoms in total. The highest BCUT2D eigenvalue weighted by atomic mass is 32.2. The van der Waals surface area contributed by atoms with Crippen molar-refractivity contribution in [1.29, 1.82) is 0 Å². The van der Waals surface area contributed by atoms with E-state index >= 15 is 0 Å². The van der Waals surface area contributed by atoms with Gasteiger partial charge in [-0.05, 0) is 12.1 Å². The van der Waals surface area contributed by atoms with Gasteiger partial charge in [-0.1, -0.05) is 11.8 Å². The van der Waals surface area contributed by atoms with Gasteiger partial charge in [-0.15, -0.1) is 0 Å². The summed E-state index contributed by atoms with van der Waals surface area (Å²) in [7, 11) is 3.29.